The Morgan fingerprint density at radius 2 is 2.00 bits per heavy atom. The number of rotatable bonds is 7. The summed E-state index contributed by atoms with van der Waals surface area (Å²) < 4.78 is 10.3. The molecule has 1 aliphatic heterocycles. The number of amides is 1. The summed E-state index contributed by atoms with van der Waals surface area (Å²) in [5.41, 5.74) is 0.973. The number of methoxy groups -OCH3 is 1. The second kappa shape index (κ2) is 10.3. The molecule has 0 bridgehead atoms. The fourth-order valence-corrected chi connectivity index (χ4v) is 5.01. The van der Waals surface area contributed by atoms with E-state index in [0.717, 1.165) is 11.3 Å². The third-order valence-corrected chi connectivity index (χ3v) is 6.83. The second-order valence-electron chi connectivity index (χ2n) is 7.75. The zero-order valence-electron chi connectivity index (χ0n) is 19.4. The summed E-state index contributed by atoms with van der Waals surface area (Å²) in [4.78, 5) is 44.8. The Hall–Kier alpha value is -3.95. The van der Waals surface area contributed by atoms with E-state index in [-0.39, 0.29) is 27.9 Å². The SMILES string of the molecule is C=CCOC(=O)c1sc(N2C(=O)C(=O)C(=C(O)c3cccc(OC)c3)C2c2cccc(Cl)c2)nc1C. The standard InChI is InChI=1S/C26H21ClN2O6S/c1-4-11-35-25(33)23-14(2)28-26(36-23)29-20(15-7-5-9-17(27)12-15)19(22(31)24(29)32)21(30)16-8-6-10-18(13-16)34-3/h4-10,12-13,20,30H,1,11H2,2-3H3. The summed E-state index contributed by atoms with van der Waals surface area (Å²) in [7, 11) is 1.48. The van der Waals surface area contributed by atoms with E-state index in [9.17, 15) is 19.5 Å². The van der Waals surface area contributed by atoms with Crippen molar-refractivity contribution in [3.8, 4) is 5.75 Å². The predicted molar refractivity (Wildman–Crippen MR) is 137 cm³/mol. The summed E-state index contributed by atoms with van der Waals surface area (Å²) in [6, 6.07) is 12.1. The lowest BCUT2D eigenvalue weighted by molar-refractivity contribution is -0.132. The van der Waals surface area contributed by atoms with Crippen LogP contribution in [0.2, 0.25) is 5.02 Å². The Kier molecular flexibility index (Phi) is 7.23. The molecule has 1 fully saturated rings. The smallest absolute Gasteiger partial charge is 0.350 e. The molecule has 1 unspecified atom stereocenters. The van der Waals surface area contributed by atoms with Crippen LogP contribution in [0.1, 0.15) is 32.5 Å². The first kappa shape index (κ1) is 25.2. The quantitative estimate of drug-likeness (QED) is 0.151. The van der Waals surface area contributed by atoms with Gasteiger partial charge in [-0.3, -0.25) is 14.5 Å². The van der Waals surface area contributed by atoms with Crippen molar-refractivity contribution in [2.45, 2.75) is 13.0 Å². The lowest BCUT2D eigenvalue weighted by Gasteiger charge is -2.23. The molecular formula is C26H21ClN2O6S. The molecule has 1 atom stereocenters. The Morgan fingerprint density at radius 3 is 2.69 bits per heavy atom. The molecule has 0 aliphatic carbocycles. The van der Waals surface area contributed by atoms with Gasteiger partial charge in [-0.1, -0.05) is 59.9 Å². The van der Waals surface area contributed by atoms with Crippen molar-refractivity contribution in [3.05, 3.63) is 93.5 Å². The van der Waals surface area contributed by atoms with Crippen LogP contribution in [0, 0.1) is 6.92 Å². The van der Waals surface area contributed by atoms with Gasteiger partial charge in [0.2, 0.25) is 0 Å². The number of halogens is 1. The number of benzene rings is 2. The van der Waals surface area contributed by atoms with Crippen LogP contribution in [0.3, 0.4) is 0 Å². The van der Waals surface area contributed by atoms with Crippen molar-refractivity contribution in [1.29, 1.82) is 0 Å². The number of nitrogens with zero attached hydrogens (tertiary/aromatic N) is 2. The molecule has 3 aromatic rings. The topological polar surface area (TPSA) is 106 Å². The molecule has 8 nitrogen and oxygen atoms in total. The van der Waals surface area contributed by atoms with Crippen molar-refractivity contribution in [3.63, 3.8) is 0 Å². The lowest BCUT2D eigenvalue weighted by Crippen LogP contribution is -2.29. The van der Waals surface area contributed by atoms with Crippen LogP contribution in [0.5, 0.6) is 5.75 Å². The Labute approximate surface area is 216 Å². The number of aliphatic hydroxyl groups is 1. The van der Waals surface area contributed by atoms with Gasteiger partial charge in [-0.15, -0.1) is 0 Å². The van der Waals surface area contributed by atoms with Gasteiger partial charge in [-0.05, 0) is 36.8 Å². The van der Waals surface area contributed by atoms with E-state index in [2.05, 4.69) is 11.6 Å². The average molecular weight is 525 g/mol. The van der Waals surface area contributed by atoms with E-state index < -0.39 is 23.7 Å². The number of ketones is 1. The Morgan fingerprint density at radius 1 is 1.25 bits per heavy atom. The fraction of sp³-hybridized carbons (Fsp3) is 0.154. The second-order valence-corrected chi connectivity index (χ2v) is 9.17. The maximum Gasteiger partial charge on any atom is 0.350 e. The zero-order valence-corrected chi connectivity index (χ0v) is 20.9. The van der Waals surface area contributed by atoms with Gasteiger partial charge in [0.25, 0.3) is 5.78 Å². The van der Waals surface area contributed by atoms with Gasteiger partial charge >= 0.3 is 11.9 Å². The van der Waals surface area contributed by atoms with Gasteiger partial charge in [0.05, 0.1) is 24.4 Å². The molecule has 0 saturated carbocycles. The number of hydrogen-bond donors (Lipinski definition) is 1. The van der Waals surface area contributed by atoms with Crippen LogP contribution >= 0.6 is 22.9 Å². The molecule has 10 heteroatoms. The van der Waals surface area contributed by atoms with Crippen LogP contribution < -0.4 is 9.64 Å². The highest BCUT2D eigenvalue weighted by Gasteiger charge is 2.48. The van der Waals surface area contributed by atoms with Gasteiger partial charge < -0.3 is 14.6 Å². The first-order chi connectivity index (χ1) is 17.3. The number of anilines is 1. The predicted octanol–water partition coefficient (Wildman–Crippen LogP) is 5.08. The summed E-state index contributed by atoms with van der Waals surface area (Å²) in [6.07, 6.45) is 1.44. The van der Waals surface area contributed by atoms with Crippen LogP contribution in [0.15, 0.2) is 66.8 Å². The summed E-state index contributed by atoms with van der Waals surface area (Å²) in [6.45, 7) is 5.14. The maximum atomic E-state index is 13.3. The molecule has 1 aliphatic rings. The van der Waals surface area contributed by atoms with Gasteiger partial charge in [0, 0.05) is 10.6 Å². The van der Waals surface area contributed by atoms with E-state index in [4.69, 9.17) is 21.1 Å². The molecule has 2 aromatic carbocycles. The average Bonchev–Trinajstić information content (AvgIpc) is 3.38. The molecule has 1 aromatic heterocycles. The van der Waals surface area contributed by atoms with E-state index >= 15 is 0 Å². The van der Waals surface area contributed by atoms with E-state index in [1.807, 2.05) is 0 Å². The summed E-state index contributed by atoms with van der Waals surface area (Å²) >= 11 is 7.14. The molecule has 1 amide bonds. The highest BCUT2D eigenvalue weighted by Crippen LogP contribution is 2.44. The van der Waals surface area contributed by atoms with Crippen molar-refractivity contribution in [1.82, 2.24) is 4.98 Å². The van der Waals surface area contributed by atoms with Crippen molar-refractivity contribution in [2.75, 3.05) is 18.6 Å². The first-order valence-corrected chi connectivity index (χ1v) is 11.9. The third kappa shape index (κ3) is 4.62. The largest absolute Gasteiger partial charge is 0.507 e. The monoisotopic (exact) mass is 524 g/mol. The number of hydrogen-bond acceptors (Lipinski definition) is 8. The van der Waals surface area contributed by atoms with Crippen LogP contribution in [0.4, 0.5) is 5.13 Å². The van der Waals surface area contributed by atoms with Crippen LogP contribution in [-0.2, 0) is 14.3 Å². The number of ether oxygens (including phenoxy) is 2. The van der Waals surface area contributed by atoms with Crippen molar-refractivity contribution >= 4 is 51.5 Å². The third-order valence-electron chi connectivity index (χ3n) is 5.46. The zero-order chi connectivity index (χ0) is 26.0. The minimum absolute atomic E-state index is 0.0130. The van der Waals surface area contributed by atoms with Gasteiger partial charge in [-0.2, -0.15) is 0 Å². The first-order valence-electron chi connectivity index (χ1n) is 10.7. The maximum absolute atomic E-state index is 13.3. The molecule has 4 rings (SSSR count). The fourth-order valence-electron chi connectivity index (χ4n) is 3.82. The summed E-state index contributed by atoms with van der Waals surface area (Å²) in [5.74, 6) is -2.33. The van der Waals surface area contributed by atoms with Crippen molar-refractivity contribution in [2.24, 2.45) is 0 Å². The number of carbonyl (C=O) groups excluding carboxylic acids is 3. The number of esters is 1. The van der Waals surface area contributed by atoms with Crippen LogP contribution in [-0.4, -0.2) is 41.5 Å². The molecule has 1 N–H and O–H groups in total. The van der Waals surface area contributed by atoms with Crippen molar-refractivity contribution < 1.29 is 29.0 Å². The highest BCUT2D eigenvalue weighted by atomic mass is 35.5. The Bertz CT molecular complexity index is 1410. The molecule has 36 heavy (non-hydrogen) atoms. The van der Waals surface area contributed by atoms with E-state index in [1.54, 1.807) is 55.5 Å². The number of aliphatic hydroxyl groups excluding tert-OH is 1. The van der Waals surface area contributed by atoms with Gasteiger partial charge in [0.15, 0.2) is 5.13 Å². The van der Waals surface area contributed by atoms with E-state index in [1.165, 1.54) is 18.1 Å². The van der Waals surface area contributed by atoms with Gasteiger partial charge in [-0.25, -0.2) is 9.78 Å². The minimum atomic E-state index is -1.04. The summed E-state index contributed by atoms with van der Waals surface area (Å²) in [5, 5.41) is 11.7. The number of Topliss-reactive ketones (excluding diaryl/α,β-unsaturated/α-hetero) is 1. The molecular weight excluding hydrogens is 504 g/mol. The molecule has 0 radical (unpaired) electrons. The highest BCUT2D eigenvalue weighted by molar-refractivity contribution is 7.17. The van der Waals surface area contributed by atoms with E-state index in [0.29, 0.717) is 27.6 Å². The van der Waals surface area contributed by atoms with Crippen LogP contribution in [0.25, 0.3) is 5.76 Å². The number of aromatic nitrogens is 1. The minimum Gasteiger partial charge on any atom is -0.507 e. The Balaban J connectivity index is 1.90. The number of thiazole rings is 1. The number of aryl methyl sites for hydroxylation is 1. The number of carbonyl (C=O) groups is 3. The molecule has 184 valence electrons. The van der Waals surface area contributed by atoms with Gasteiger partial charge in [0.1, 0.15) is 23.0 Å². The molecule has 2 heterocycles. The molecule has 0 spiro atoms. The normalized spacial score (nSPS) is 16.8. The molecule has 1 saturated heterocycles. The lowest BCUT2D eigenvalue weighted by atomic mass is 9.95.